The van der Waals surface area contributed by atoms with Crippen LogP contribution in [0.2, 0.25) is 10.0 Å². The smallest absolute Gasteiger partial charge is 0.414 e. The minimum absolute atomic E-state index is 0.172. The van der Waals surface area contributed by atoms with Crippen LogP contribution in [0.5, 0.6) is 0 Å². The Morgan fingerprint density at radius 2 is 1.23 bits per heavy atom. The summed E-state index contributed by atoms with van der Waals surface area (Å²) < 4.78 is 0. The molecule has 3 aromatic carbocycles. The van der Waals surface area contributed by atoms with Crippen LogP contribution in [0, 0.1) is 0 Å². The van der Waals surface area contributed by atoms with Crippen molar-refractivity contribution in [2.45, 2.75) is 25.7 Å². The molecule has 0 bridgehead atoms. The first-order valence-electron chi connectivity index (χ1n) is 13.1. The zero-order valence-corrected chi connectivity index (χ0v) is 23.4. The largest absolute Gasteiger partial charge is 0.473 e. The van der Waals surface area contributed by atoms with Crippen LogP contribution in [0.4, 0.5) is 17.1 Å². The third-order valence-electron chi connectivity index (χ3n) is 7.07. The number of carboxylic acid groups (broad SMARTS) is 2. The fourth-order valence-electron chi connectivity index (χ4n) is 5.06. The number of benzene rings is 3. The number of amides is 1. The molecule has 8 nitrogen and oxygen atoms in total. The number of rotatable bonds is 5. The molecule has 0 atom stereocenters. The fraction of sp³-hybridized carbons (Fsp3) is 0.300. The summed E-state index contributed by atoms with van der Waals surface area (Å²) in [4.78, 5) is 38.4. The number of aryl methyl sites for hydroxylation is 2. The number of nitrogens with zero attached hydrogens (tertiary/aromatic N) is 3. The highest BCUT2D eigenvalue weighted by Gasteiger charge is 2.26. The average molecular weight is 585 g/mol. The molecule has 2 N–H and O–H groups in total. The maximum Gasteiger partial charge on any atom is 0.414 e. The maximum atomic E-state index is 13.5. The van der Waals surface area contributed by atoms with Crippen molar-refractivity contribution >= 4 is 58.1 Å². The molecule has 40 heavy (non-hydrogen) atoms. The van der Waals surface area contributed by atoms with Crippen LogP contribution in [0.15, 0.2) is 66.7 Å². The zero-order chi connectivity index (χ0) is 28.6. The van der Waals surface area contributed by atoms with Gasteiger partial charge in [0.05, 0.1) is 27.1 Å². The normalized spacial score (nSPS) is 14.8. The van der Waals surface area contributed by atoms with Crippen LogP contribution in [0.25, 0.3) is 0 Å². The molecule has 0 saturated carbocycles. The van der Waals surface area contributed by atoms with Crippen LogP contribution in [0.1, 0.15) is 24.0 Å². The average Bonchev–Trinajstić information content (AvgIpc) is 3.12. The summed E-state index contributed by atoms with van der Waals surface area (Å²) in [7, 11) is 0. The number of fused-ring (bicyclic) bond motifs is 2. The molecule has 210 valence electrons. The summed E-state index contributed by atoms with van der Waals surface area (Å²) in [6.45, 7) is 4.63. The number of carbonyl (C=O) groups is 3. The molecule has 10 heteroatoms. The van der Waals surface area contributed by atoms with Crippen LogP contribution in [-0.4, -0.2) is 65.7 Å². The molecule has 2 aliphatic rings. The summed E-state index contributed by atoms with van der Waals surface area (Å²) in [6, 6.07) is 22.4. The quantitative estimate of drug-likeness (QED) is 0.381. The summed E-state index contributed by atoms with van der Waals surface area (Å²) >= 11 is 12.6. The highest BCUT2D eigenvalue weighted by atomic mass is 35.5. The zero-order valence-electron chi connectivity index (χ0n) is 21.9. The number of carbonyl (C=O) groups excluding carboxylic acids is 1. The Kier molecular flexibility index (Phi) is 10.0. The Bertz CT molecular complexity index is 1320. The number of para-hydroxylation sites is 2. The van der Waals surface area contributed by atoms with E-state index in [1.165, 1.54) is 11.1 Å². The van der Waals surface area contributed by atoms with E-state index in [2.05, 4.69) is 46.2 Å². The van der Waals surface area contributed by atoms with E-state index < -0.39 is 11.9 Å². The molecule has 3 aromatic rings. The van der Waals surface area contributed by atoms with E-state index in [9.17, 15) is 4.79 Å². The van der Waals surface area contributed by atoms with E-state index in [1.54, 1.807) is 0 Å². The topological polar surface area (TPSA) is 101 Å². The Hall–Kier alpha value is -3.59. The van der Waals surface area contributed by atoms with E-state index in [1.807, 2.05) is 35.2 Å². The first-order valence-corrected chi connectivity index (χ1v) is 13.9. The summed E-state index contributed by atoms with van der Waals surface area (Å²) in [5.74, 6) is -3.48. The van der Waals surface area contributed by atoms with Gasteiger partial charge in [-0.25, -0.2) is 9.59 Å². The van der Waals surface area contributed by atoms with E-state index in [4.69, 9.17) is 43.0 Å². The lowest BCUT2D eigenvalue weighted by molar-refractivity contribution is -0.159. The maximum absolute atomic E-state index is 13.5. The molecule has 0 spiro atoms. The molecule has 0 radical (unpaired) electrons. The Morgan fingerprint density at radius 1 is 0.700 bits per heavy atom. The summed E-state index contributed by atoms with van der Waals surface area (Å²) in [6.07, 6.45) is 3.29. The lowest BCUT2D eigenvalue weighted by atomic mass is 10.0. The number of hydrogen-bond donors (Lipinski definition) is 2. The van der Waals surface area contributed by atoms with Gasteiger partial charge in [0, 0.05) is 32.6 Å². The van der Waals surface area contributed by atoms with Gasteiger partial charge in [0.2, 0.25) is 5.91 Å². The highest BCUT2D eigenvalue weighted by Crippen LogP contribution is 2.37. The predicted molar refractivity (Wildman–Crippen MR) is 157 cm³/mol. The number of piperazine rings is 1. The molecule has 0 aliphatic carbocycles. The molecular weight excluding hydrogens is 553 g/mol. The van der Waals surface area contributed by atoms with Crippen molar-refractivity contribution in [3.63, 3.8) is 0 Å². The molecule has 1 saturated heterocycles. The molecule has 2 heterocycles. The van der Waals surface area contributed by atoms with Crippen molar-refractivity contribution in [3.8, 4) is 0 Å². The van der Waals surface area contributed by atoms with E-state index in [0.29, 0.717) is 16.5 Å². The SMILES string of the molecule is O=C(CCCN1CCN(c2cccc(Cl)c2Cl)CC1)N1c2ccccc2CCc2ccccc21.O=C(O)C(=O)O. The van der Waals surface area contributed by atoms with Gasteiger partial charge in [0.15, 0.2) is 0 Å². The van der Waals surface area contributed by atoms with Crippen molar-refractivity contribution in [1.29, 1.82) is 0 Å². The molecule has 1 fully saturated rings. The minimum Gasteiger partial charge on any atom is -0.473 e. The van der Waals surface area contributed by atoms with Gasteiger partial charge in [0.1, 0.15) is 0 Å². The Morgan fingerprint density at radius 3 is 1.77 bits per heavy atom. The van der Waals surface area contributed by atoms with Crippen molar-refractivity contribution in [2.75, 3.05) is 42.5 Å². The second-order valence-electron chi connectivity index (χ2n) is 9.60. The molecule has 2 aliphatic heterocycles. The number of hydrogen-bond acceptors (Lipinski definition) is 5. The van der Waals surface area contributed by atoms with Crippen LogP contribution in [0.3, 0.4) is 0 Å². The molecule has 0 aromatic heterocycles. The van der Waals surface area contributed by atoms with Gasteiger partial charge in [-0.15, -0.1) is 0 Å². The van der Waals surface area contributed by atoms with Crippen molar-refractivity contribution in [3.05, 3.63) is 87.9 Å². The molecule has 1 amide bonds. The van der Waals surface area contributed by atoms with Gasteiger partial charge >= 0.3 is 11.9 Å². The third-order valence-corrected chi connectivity index (χ3v) is 7.88. The molecular formula is C30H31Cl2N3O5. The van der Waals surface area contributed by atoms with Crippen LogP contribution < -0.4 is 9.80 Å². The lowest BCUT2D eigenvalue weighted by Gasteiger charge is -2.36. The van der Waals surface area contributed by atoms with Gasteiger partial charge in [0.25, 0.3) is 0 Å². The van der Waals surface area contributed by atoms with Gasteiger partial charge < -0.3 is 15.1 Å². The molecule has 5 rings (SSSR count). The summed E-state index contributed by atoms with van der Waals surface area (Å²) in [5, 5.41) is 16.0. The van der Waals surface area contributed by atoms with Crippen molar-refractivity contribution in [2.24, 2.45) is 0 Å². The number of carboxylic acids is 2. The third kappa shape index (κ3) is 7.13. The van der Waals surface area contributed by atoms with E-state index in [0.717, 1.165) is 69.0 Å². The second-order valence-corrected chi connectivity index (χ2v) is 10.4. The van der Waals surface area contributed by atoms with Gasteiger partial charge in [-0.3, -0.25) is 14.6 Å². The van der Waals surface area contributed by atoms with Crippen molar-refractivity contribution < 1.29 is 24.6 Å². The predicted octanol–water partition coefficient (Wildman–Crippen LogP) is 5.51. The first kappa shape index (κ1) is 29.4. The van der Waals surface area contributed by atoms with Gasteiger partial charge in [-0.1, -0.05) is 65.7 Å². The fourth-order valence-corrected chi connectivity index (χ4v) is 5.48. The highest BCUT2D eigenvalue weighted by molar-refractivity contribution is 6.43. The monoisotopic (exact) mass is 583 g/mol. The van der Waals surface area contributed by atoms with E-state index in [-0.39, 0.29) is 5.91 Å². The van der Waals surface area contributed by atoms with Crippen LogP contribution in [-0.2, 0) is 27.2 Å². The van der Waals surface area contributed by atoms with Crippen molar-refractivity contribution in [1.82, 2.24) is 4.90 Å². The number of anilines is 3. The summed E-state index contributed by atoms with van der Waals surface area (Å²) in [5.41, 5.74) is 5.54. The molecule has 0 unspecified atom stereocenters. The van der Waals surface area contributed by atoms with Gasteiger partial charge in [-0.05, 0) is 61.2 Å². The second kappa shape index (κ2) is 13.7. The van der Waals surface area contributed by atoms with E-state index >= 15 is 0 Å². The minimum atomic E-state index is -1.82. The first-order chi connectivity index (χ1) is 19.3. The van der Waals surface area contributed by atoms with Gasteiger partial charge in [-0.2, -0.15) is 0 Å². The standard InChI is InChI=1S/C28H29Cl2N3O.C2H2O4/c29-23-9-5-12-26(28(23)30)32-19-17-31(18-20-32)16-6-13-27(34)33-24-10-3-1-7-21(24)14-15-22-8-2-4-11-25(22)33;3-1(4)2(5)6/h1-5,7-12H,6,13-20H2;(H,3,4)(H,5,6). The Balaban J connectivity index is 0.000000557. The number of aliphatic carboxylic acids is 2. The lowest BCUT2D eigenvalue weighted by Crippen LogP contribution is -2.46. The number of halogens is 2. The van der Waals surface area contributed by atoms with Crippen LogP contribution >= 0.6 is 23.2 Å². The Labute approximate surface area is 243 Å².